The molecule has 0 fully saturated rings. The van der Waals surface area contributed by atoms with Gasteiger partial charge in [-0.3, -0.25) is 0 Å². The third-order valence-corrected chi connectivity index (χ3v) is 2.89. The molecule has 0 unspecified atom stereocenters. The van der Waals surface area contributed by atoms with Gasteiger partial charge in [-0.2, -0.15) is 0 Å². The van der Waals surface area contributed by atoms with Crippen molar-refractivity contribution in [3.8, 4) is 11.4 Å². The van der Waals surface area contributed by atoms with E-state index in [1.807, 2.05) is 35.9 Å². The Morgan fingerprint density at radius 3 is 2.50 bits per heavy atom. The van der Waals surface area contributed by atoms with E-state index in [1.165, 1.54) is 0 Å². The van der Waals surface area contributed by atoms with Gasteiger partial charge in [-0.15, -0.1) is 0 Å². The molecule has 3 rings (SSSR count). The Balaban J connectivity index is 2.28. The smallest absolute Gasteiger partial charge is 0.178 e. The van der Waals surface area contributed by atoms with Crippen molar-refractivity contribution in [2.75, 3.05) is 11.5 Å². The van der Waals surface area contributed by atoms with E-state index in [-0.39, 0.29) is 0 Å². The summed E-state index contributed by atoms with van der Waals surface area (Å²) in [5, 5.41) is 0. The first kappa shape index (κ1) is 10.6. The highest BCUT2D eigenvalue weighted by molar-refractivity contribution is 5.78. The van der Waals surface area contributed by atoms with E-state index in [1.54, 1.807) is 12.3 Å². The maximum atomic E-state index is 5.81. The van der Waals surface area contributed by atoms with Gasteiger partial charge in [0.2, 0.25) is 0 Å². The second-order valence-electron chi connectivity index (χ2n) is 4.23. The maximum absolute atomic E-state index is 5.81. The van der Waals surface area contributed by atoms with E-state index in [2.05, 4.69) is 9.97 Å². The molecular formula is C13H13N5. The molecule has 5 nitrogen and oxygen atoms in total. The third kappa shape index (κ3) is 1.57. The van der Waals surface area contributed by atoms with E-state index in [0.29, 0.717) is 11.4 Å². The molecule has 90 valence electrons. The highest BCUT2D eigenvalue weighted by Gasteiger charge is 2.10. The van der Waals surface area contributed by atoms with Gasteiger partial charge in [0.15, 0.2) is 5.65 Å². The molecule has 1 aromatic carbocycles. The van der Waals surface area contributed by atoms with E-state index >= 15 is 0 Å². The van der Waals surface area contributed by atoms with Crippen molar-refractivity contribution in [2.45, 2.75) is 0 Å². The summed E-state index contributed by atoms with van der Waals surface area (Å²) in [6, 6.07) is 9.32. The monoisotopic (exact) mass is 239 g/mol. The Kier molecular flexibility index (Phi) is 2.19. The second-order valence-corrected chi connectivity index (χ2v) is 4.23. The SMILES string of the molecule is Cn1c(-c2cc(N)cc(N)c2)nc2ncccc21. The van der Waals surface area contributed by atoms with E-state index in [0.717, 1.165) is 22.6 Å². The van der Waals surface area contributed by atoms with Gasteiger partial charge in [0.05, 0.1) is 5.52 Å². The van der Waals surface area contributed by atoms with Gasteiger partial charge in [-0.05, 0) is 30.3 Å². The molecule has 0 bridgehead atoms. The van der Waals surface area contributed by atoms with E-state index < -0.39 is 0 Å². The first-order valence-corrected chi connectivity index (χ1v) is 5.59. The van der Waals surface area contributed by atoms with Crippen LogP contribution in [0.3, 0.4) is 0 Å². The molecule has 0 radical (unpaired) electrons. The fourth-order valence-corrected chi connectivity index (χ4v) is 2.09. The number of nitrogens with two attached hydrogens (primary N) is 2. The molecule has 2 heterocycles. The summed E-state index contributed by atoms with van der Waals surface area (Å²) >= 11 is 0. The van der Waals surface area contributed by atoms with Gasteiger partial charge >= 0.3 is 0 Å². The second kappa shape index (κ2) is 3.73. The van der Waals surface area contributed by atoms with Crippen molar-refractivity contribution < 1.29 is 0 Å². The normalized spacial score (nSPS) is 10.9. The summed E-state index contributed by atoms with van der Waals surface area (Å²) in [7, 11) is 1.95. The molecule has 0 atom stereocenters. The molecule has 5 heteroatoms. The topological polar surface area (TPSA) is 82.8 Å². The van der Waals surface area contributed by atoms with Gasteiger partial charge in [-0.1, -0.05) is 0 Å². The van der Waals surface area contributed by atoms with Crippen LogP contribution in [0.15, 0.2) is 36.5 Å². The van der Waals surface area contributed by atoms with Crippen molar-refractivity contribution in [3.63, 3.8) is 0 Å². The number of hydrogen-bond donors (Lipinski definition) is 2. The Morgan fingerprint density at radius 2 is 1.83 bits per heavy atom. The van der Waals surface area contributed by atoms with Crippen molar-refractivity contribution in [2.24, 2.45) is 7.05 Å². The number of nitrogens with zero attached hydrogens (tertiary/aromatic N) is 3. The largest absolute Gasteiger partial charge is 0.399 e. The minimum Gasteiger partial charge on any atom is -0.399 e. The number of benzene rings is 1. The zero-order valence-electron chi connectivity index (χ0n) is 9.96. The average Bonchev–Trinajstić information content (AvgIpc) is 2.66. The molecule has 0 spiro atoms. The van der Waals surface area contributed by atoms with Crippen molar-refractivity contribution in [1.29, 1.82) is 0 Å². The molecule has 0 aliphatic carbocycles. The van der Waals surface area contributed by atoms with Crippen molar-refractivity contribution in [1.82, 2.24) is 14.5 Å². The Bertz CT molecular complexity index is 709. The number of imidazole rings is 1. The van der Waals surface area contributed by atoms with Crippen LogP contribution < -0.4 is 11.5 Å². The van der Waals surface area contributed by atoms with Gasteiger partial charge < -0.3 is 16.0 Å². The van der Waals surface area contributed by atoms with E-state index in [9.17, 15) is 0 Å². The van der Waals surface area contributed by atoms with Crippen LogP contribution in [0, 0.1) is 0 Å². The summed E-state index contributed by atoms with van der Waals surface area (Å²) < 4.78 is 1.98. The van der Waals surface area contributed by atoms with Crippen LogP contribution in [0.2, 0.25) is 0 Å². The fourth-order valence-electron chi connectivity index (χ4n) is 2.09. The molecule has 3 aromatic rings. The summed E-state index contributed by atoms with van der Waals surface area (Å²) in [6.07, 6.45) is 1.73. The Labute approximate surface area is 104 Å². The third-order valence-electron chi connectivity index (χ3n) is 2.89. The molecular weight excluding hydrogens is 226 g/mol. The lowest BCUT2D eigenvalue weighted by Gasteiger charge is -2.05. The first-order valence-electron chi connectivity index (χ1n) is 5.59. The van der Waals surface area contributed by atoms with Crippen LogP contribution in [-0.2, 0) is 7.05 Å². The lowest BCUT2D eigenvalue weighted by Crippen LogP contribution is -1.96. The molecule has 0 aliphatic rings. The van der Waals surface area contributed by atoms with Crippen LogP contribution in [0.25, 0.3) is 22.6 Å². The van der Waals surface area contributed by atoms with Gasteiger partial charge in [0, 0.05) is 30.2 Å². The van der Waals surface area contributed by atoms with Crippen LogP contribution in [0.5, 0.6) is 0 Å². The van der Waals surface area contributed by atoms with Crippen molar-refractivity contribution >= 4 is 22.5 Å². The molecule has 2 aromatic heterocycles. The summed E-state index contributed by atoms with van der Waals surface area (Å²) in [4.78, 5) is 8.74. The molecule has 0 aliphatic heterocycles. The number of pyridine rings is 1. The Morgan fingerprint density at radius 1 is 1.11 bits per heavy atom. The zero-order chi connectivity index (χ0) is 12.7. The zero-order valence-corrected chi connectivity index (χ0v) is 9.96. The fraction of sp³-hybridized carbons (Fsp3) is 0.0769. The highest BCUT2D eigenvalue weighted by atomic mass is 15.1. The number of aryl methyl sites for hydroxylation is 1. The summed E-state index contributed by atoms with van der Waals surface area (Å²) in [6.45, 7) is 0. The highest BCUT2D eigenvalue weighted by Crippen LogP contribution is 2.26. The van der Waals surface area contributed by atoms with Crippen LogP contribution in [0.4, 0.5) is 11.4 Å². The van der Waals surface area contributed by atoms with Gasteiger partial charge in [0.25, 0.3) is 0 Å². The quantitative estimate of drug-likeness (QED) is 0.634. The number of nitrogen functional groups attached to an aromatic ring is 2. The lowest BCUT2D eigenvalue weighted by atomic mass is 10.1. The standard InChI is InChI=1S/C13H13N5/c1-18-11-3-2-4-16-12(11)17-13(18)8-5-9(14)7-10(15)6-8/h2-7H,14-15H2,1H3. The van der Waals surface area contributed by atoms with Crippen LogP contribution in [-0.4, -0.2) is 14.5 Å². The Hall–Kier alpha value is -2.56. The van der Waals surface area contributed by atoms with Crippen molar-refractivity contribution in [3.05, 3.63) is 36.5 Å². The number of anilines is 2. The minimum atomic E-state index is 0.630. The predicted octanol–water partition coefficient (Wildman–Crippen LogP) is 1.80. The molecule has 4 N–H and O–H groups in total. The van der Waals surface area contributed by atoms with Gasteiger partial charge in [0.1, 0.15) is 5.82 Å². The number of hydrogen-bond acceptors (Lipinski definition) is 4. The predicted molar refractivity (Wildman–Crippen MR) is 72.8 cm³/mol. The molecule has 0 saturated carbocycles. The van der Waals surface area contributed by atoms with Crippen LogP contribution >= 0.6 is 0 Å². The number of fused-ring (bicyclic) bond motifs is 1. The summed E-state index contributed by atoms with van der Waals surface area (Å²) in [5.41, 5.74) is 15.5. The molecule has 0 saturated heterocycles. The summed E-state index contributed by atoms with van der Waals surface area (Å²) in [5.74, 6) is 0.808. The molecule has 18 heavy (non-hydrogen) atoms. The number of rotatable bonds is 1. The van der Waals surface area contributed by atoms with Crippen LogP contribution in [0.1, 0.15) is 0 Å². The first-order chi connectivity index (χ1) is 8.65. The molecule has 0 amide bonds. The number of aromatic nitrogens is 3. The maximum Gasteiger partial charge on any atom is 0.178 e. The average molecular weight is 239 g/mol. The van der Waals surface area contributed by atoms with E-state index in [4.69, 9.17) is 11.5 Å². The minimum absolute atomic E-state index is 0.630. The van der Waals surface area contributed by atoms with Gasteiger partial charge in [-0.25, -0.2) is 9.97 Å². The lowest BCUT2D eigenvalue weighted by molar-refractivity contribution is 0.959.